The topological polar surface area (TPSA) is 9.23 Å². The number of hydrogen-bond donors (Lipinski definition) is 0. The standard InChI is InChI=1S/C5H12OSiTe/c1-5-3-7(6-2)8-4-5/h5,7H,3-4H2,1-2H3. The van der Waals surface area contributed by atoms with Gasteiger partial charge < -0.3 is 0 Å². The zero-order valence-electron chi connectivity index (χ0n) is 5.39. The minimum absolute atomic E-state index is 0.396. The molecule has 1 aliphatic rings. The van der Waals surface area contributed by atoms with Crippen LogP contribution in [0.5, 0.6) is 0 Å². The Morgan fingerprint density at radius 2 is 2.50 bits per heavy atom. The Labute approximate surface area is 61.7 Å². The zero-order chi connectivity index (χ0) is 5.98. The van der Waals surface area contributed by atoms with Gasteiger partial charge in [-0.05, 0) is 0 Å². The molecule has 0 aliphatic carbocycles. The summed E-state index contributed by atoms with van der Waals surface area (Å²) in [7, 11) is 1.90. The van der Waals surface area contributed by atoms with Crippen LogP contribution in [0, 0.1) is 5.92 Å². The van der Waals surface area contributed by atoms with Gasteiger partial charge in [-0.15, -0.1) is 0 Å². The summed E-state index contributed by atoms with van der Waals surface area (Å²) in [5.74, 6) is 1.02. The van der Waals surface area contributed by atoms with Gasteiger partial charge in [0.05, 0.1) is 0 Å². The summed E-state index contributed by atoms with van der Waals surface area (Å²) in [6.45, 7) is 1.87. The molecule has 0 aromatic heterocycles. The third-order valence-electron chi connectivity index (χ3n) is 1.42. The molecule has 0 radical (unpaired) electrons. The van der Waals surface area contributed by atoms with E-state index < -0.39 is 6.59 Å². The van der Waals surface area contributed by atoms with Gasteiger partial charge in [0.25, 0.3) is 0 Å². The molecule has 0 aromatic rings. The molecule has 0 aromatic carbocycles. The van der Waals surface area contributed by atoms with E-state index in [1.165, 1.54) is 6.04 Å². The summed E-state index contributed by atoms with van der Waals surface area (Å²) < 4.78 is 6.93. The van der Waals surface area contributed by atoms with E-state index in [0.29, 0.717) is 20.1 Å². The number of rotatable bonds is 1. The molecular formula is C5H12OSiTe. The van der Waals surface area contributed by atoms with Crippen molar-refractivity contribution in [1.82, 2.24) is 0 Å². The van der Waals surface area contributed by atoms with Crippen molar-refractivity contribution in [3.05, 3.63) is 0 Å². The molecule has 1 fully saturated rings. The van der Waals surface area contributed by atoms with Crippen molar-refractivity contribution in [2.24, 2.45) is 5.92 Å². The first-order chi connectivity index (χ1) is 3.83. The van der Waals surface area contributed by atoms with Gasteiger partial charge in [-0.1, -0.05) is 0 Å². The molecule has 0 spiro atoms. The Kier molecular flexibility index (Phi) is 2.84. The first kappa shape index (κ1) is 7.08. The molecule has 0 saturated carbocycles. The second-order valence-electron chi connectivity index (χ2n) is 2.34. The van der Waals surface area contributed by atoms with Crippen LogP contribution >= 0.6 is 0 Å². The first-order valence-electron chi connectivity index (χ1n) is 2.97. The maximum absolute atomic E-state index is 5.38. The molecule has 1 saturated heterocycles. The van der Waals surface area contributed by atoms with E-state index in [0.717, 1.165) is 5.92 Å². The van der Waals surface area contributed by atoms with E-state index in [1.54, 1.807) is 4.47 Å². The summed E-state index contributed by atoms with van der Waals surface area (Å²) >= 11 is 0.396. The van der Waals surface area contributed by atoms with Crippen LogP contribution in [0.4, 0.5) is 0 Å². The first-order valence-corrected chi connectivity index (χ1v) is 10.4. The monoisotopic (exact) mass is 246 g/mol. The predicted octanol–water partition coefficient (Wildman–Crippen LogP) is 0.625. The van der Waals surface area contributed by atoms with E-state index in [1.807, 2.05) is 7.11 Å². The van der Waals surface area contributed by atoms with Gasteiger partial charge in [-0.25, -0.2) is 0 Å². The van der Waals surface area contributed by atoms with E-state index in [2.05, 4.69) is 6.92 Å². The fraction of sp³-hybridized carbons (Fsp3) is 1.00. The van der Waals surface area contributed by atoms with Gasteiger partial charge in [0.15, 0.2) is 0 Å². The van der Waals surface area contributed by atoms with Crippen molar-refractivity contribution in [3.8, 4) is 0 Å². The molecule has 1 nitrogen and oxygen atoms in total. The van der Waals surface area contributed by atoms with E-state index in [-0.39, 0.29) is 0 Å². The molecule has 2 atom stereocenters. The molecule has 0 bridgehead atoms. The number of hydrogen-bond acceptors (Lipinski definition) is 1. The van der Waals surface area contributed by atoms with E-state index in [4.69, 9.17) is 4.43 Å². The molecule has 48 valence electrons. The van der Waals surface area contributed by atoms with E-state index in [9.17, 15) is 0 Å². The van der Waals surface area contributed by atoms with Crippen LogP contribution in [-0.2, 0) is 4.43 Å². The molecule has 1 rings (SSSR count). The van der Waals surface area contributed by atoms with Gasteiger partial charge in [-0.2, -0.15) is 0 Å². The second kappa shape index (κ2) is 3.21. The molecule has 8 heavy (non-hydrogen) atoms. The summed E-state index contributed by atoms with van der Waals surface area (Å²) in [5, 5.41) is 0. The average Bonchev–Trinajstić information content (AvgIpc) is 2.14. The SMILES string of the molecule is CO[SiH]1CC(C)C[Te]1. The van der Waals surface area contributed by atoms with Gasteiger partial charge in [0.1, 0.15) is 0 Å². The maximum atomic E-state index is 5.38. The summed E-state index contributed by atoms with van der Waals surface area (Å²) in [6, 6.07) is 1.47. The van der Waals surface area contributed by atoms with E-state index >= 15 is 0 Å². The van der Waals surface area contributed by atoms with Crippen LogP contribution in [0.25, 0.3) is 0 Å². The van der Waals surface area contributed by atoms with Crippen LogP contribution in [0.15, 0.2) is 0 Å². The van der Waals surface area contributed by atoms with Gasteiger partial charge in [0.2, 0.25) is 0 Å². The van der Waals surface area contributed by atoms with Crippen molar-refractivity contribution in [2.75, 3.05) is 7.11 Å². The third kappa shape index (κ3) is 1.73. The second-order valence-corrected chi connectivity index (χ2v) is 12.8. The molecule has 2 unspecified atom stereocenters. The average molecular weight is 244 g/mol. The quantitative estimate of drug-likeness (QED) is 0.614. The molecule has 1 heterocycles. The fourth-order valence-corrected chi connectivity index (χ4v) is 13.7. The molecule has 1 aliphatic heterocycles. The van der Waals surface area contributed by atoms with Gasteiger partial charge in [-0.3, -0.25) is 0 Å². The van der Waals surface area contributed by atoms with Crippen molar-refractivity contribution >= 4 is 26.7 Å². The Morgan fingerprint density at radius 3 is 2.75 bits per heavy atom. The molecular weight excluding hydrogens is 232 g/mol. The Morgan fingerprint density at radius 1 is 1.75 bits per heavy atom. The predicted molar refractivity (Wildman–Crippen MR) is 38.7 cm³/mol. The van der Waals surface area contributed by atoms with Crippen molar-refractivity contribution in [2.45, 2.75) is 17.4 Å². The fourth-order valence-electron chi connectivity index (χ4n) is 0.900. The molecule has 3 heteroatoms. The Bertz CT molecular complexity index is 78.8. The Hall–Kier alpha value is 0.966. The zero-order valence-corrected chi connectivity index (χ0v) is 8.87. The normalized spacial score (nSPS) is 38.2. The van der Waals surface area contributed by atoms with Crippen molar-refractivity contribution in [1.29, 1.82) is 0 Å². The molecule has 0 amide bonds. The summed E-state index contributed by atoms with van der Waals surface area (Å²) in [5.41, 5.74) is 0. The van der Waals surface area contributed by atoms with Crippen LogP contribution in [0.3, 0.4) is 0 Å². The van der Waals surface area contributed by atoms with Crippen LogP contribution in [-0.4, -0.2) is 33.8 Å². The van der Waals surface area contributed by atoms with Crippen LogP contribution in [0.1, 0.15) is 6.92 Å². The minimum atomic E-state index is -0.488. The van der Waals surface area contributed by atoms with Gasteiger partial charge in [0, 0.05) is 0 Å². The third-order valence-corrected chi connectivity index (χ3v) is 13.5. The van der Waals surface area contributed by atoms with Crippen LogP contribution in [0.2, 0.25) is 10.5 Å². The van der Waals surface area contributed by atoms with Gasteiger partial charge >= 0.3 is 61.6 Å². The summed E-state index contributed by atoms with van der Waals surface area (Å²) in [4.78, 5) is 0. The van der Waals surface area contributed by atoms with Crippen molar-refractivity contribution < 1.29 is 4.43 Å². The summed E-state index contributed by atoms with van der Waals surface area (Å²) in [6.07, 6.45) is 0. The van der Waals surface area contributed by atoms with Crippen LogP contribution < -0.4 is 0 Å². The Balaban J connectivity index is 2.22. The molecule has 0 N–H and O–H groups in total. The van der Waals surface area contributed by atoms with Crippen molar-refractivity contribution in [3.63, 3.8) is 0 Å².